The van der Waals surface area contributed by atoms with E-state index < -0.39 is 12.1 Å². The number of benzene rings is 1. The molecule has 0 spiro atoms. The molecule has 2 aliphatic rings. The molecule has 0 aromatic heterocycles. The maximum absolute atomic E-state index is 13.3. The van der Waals surface area contributed by atoms with Gasteiger partial charge >= 0.3 is 6.09 Å². The van der Waals surface area contributed by atoms with Gasteiger partial charge in [0.05, 0.1) is 10.0 Å². The molecule has 0 radical (unpaired) electrons. The SMILES string of the molecule is CCC[C@@H](C)N1CCN(C(=O)O)[C@@H](C(=O)N2CCN(c3ccc(Cl)c(Cl)c3)CC2)C1. The fraction of sp³-hybridized carbons (Fsp3) is 0.619. The molecule has 2 aliphatic heterocycles. The van der Waals surface area contributed by atoms with E-state index in [0.29, 0.717) is 61.9 Å². The molecule has 2 amide bonds. The molecule has 166 valence electrons. The summed E-state index contributed by atoms with van der Waals surface area (Å²) in [6.07, 6.45) is 1.08. The summed E-state index contributed by atoms with van der Waals surface area (Å²) in [6.45, 7) is 8.21. The van der Waals surface area contributed by atoms with Crippen LogP contribution in [0.4, 0.5) is 10.5 Å². The number of carbonyl (C=O) groups is 2. The third kappa shape index (κ3) is 5.13. The zero-order valence-corrected chi connectivity index (χ0v) is 19.1. The molecule has 7 nitrogen and oxygen atoms in total. The number of rotatable bonds is 5. The first-order valence-electron chi connectivity index (χ1n) is 10.5. The summed E-state index contributed by atoms with van der Waals surface area (Å²) >= 11 is 12.1. The second-order valence-electron chi connectivity index (χ2n) is 8.04. The topological polar surface area (TPSA) is 67.3 Å². The van der Waals surface area contributed by atoms with Gasteiger partial charge in [0.2, 0.25) is 5.91 Å². The lowest BCUT2D eigenvalue weighted by molar-refractivity contribution is -0.139. The van der Waals surface area contributed by atoms with Crippen LogP contribution >= 0.6 is 23.2 Å². The predicted octanol–water partition coefficient (Wildman–Crippen LogP) is 3.49. The van der Waals surface area contributed by atoms with E-state index in [1.54, 1.807) is 11.0 Å². The largest absolute Gasteiger partial charge is 0.465 e. The zero-order chi connectivity index (χ0) is 21.8. The summed E-state index contributed by atoms with van der Waals surface area (Å²) < 4.78 is 0. The maximum Gasteiger partial charge on any atom is 0.408 e. The number of carbonyl (C=O) groups excluding carboxylic acids is 1. The van der Waals surface area contributed by atoms with E-state index in [2.05, 4.69) is 23.6 Å². The first kappa shape index (κ1) is 23.0. The zero-order valence-electron chi connectivity index (χ0n) is 17.6. The number of piperazine rings is 2. The Morgan fingerprint density at radius 2 is 1.80 bits per heavy atom. The van der Waals surface area contributed by atoms with Crippen molar-refractivity contribution in [2.75, 3.05) is 50.7 Å². The van der Waals surface area contributed by atoms with Crippen LogP contribution in [0.15, 0.2) is 18.2 Å². The van der Waals surface area contributed by atoms with E-state index in [9.17, 15) is 14.7 Å². The summed E-state index contributed by atoms with van der Waals surface area (Å²) in [4.78, 5) is 32.5. The average molecular weight is 457 g/mol. The first-order chi connectivity index (χ1) is 14.3. The Morgan fingerprint density at radius 3 is 2.40 bits per heavy atom. The molecule has 0 unspecified atom stereocenters. The van der Waals surface area contributed by atoms with Crippen LogP contribution in [0.25, 0.3) is 0 Å². The van der Waals surface area contributed by atoms with Crippen molar-refractivity contribution in [2.45, 2.75) is 38.8 Å². The quantitative estimate of drug-likeness (QED) is 0.733. The predicted molar refractivity (Wildman–Crippen MR) is 120 cm³/mol. The second-order valence-corrected chi connectivity index (χ2v) is 8.85. The van der Waals surface area contributed by atoms with Gasteiger partial charge in [0.25, 0.3) is 0 Å². The van der Waals surface area contributed by atoms with Gasteiger partial charge in [-0.05, 0) is 31.5 Å². The third-order valence-electron chi connectivity index (χ3n) is 6.13. The van der Waals surface area contributed by atoms with Crippen molar-refractivity contribution in [3.05, 3.63) is 28.2 Å². The number of hydrogen-bond acceptors (Lipinski definition) is 4. The van der Waals surface area contributed by atoms with Crippen molar-refractivity contribution in [1.29, 1.82) is 0 Å². The molecule has 1 N–H and O–H groups in total. The molecule has 2 fully saturated rings. The number of carboxylic acid groups (broad SMARTS) is 1. The monoisotopic (exact) mass is 456 g/mol. The highest BCUT2D eigenvalue weighted by Gasteiger charge is 2.39. The van der Waals surface area contributed by atoms with Crippen LogP contribution < -0.4 is 4.90 Å². The number of hydrogen-bond donors (Lipinski definition) is 1. The van der Waals surface area contributed by atoms with Gasteiger partial charge in [-0.25, -0.2) is 4.79 Å². The Hall–Kier alpha value is -1.70. The normalized spacial score (nSPS) is 21.6. The summed E-state index contributed by atoms with van der Waals surface area (Å²) in [5, 5.41) is 10.7. The van der Waals surface area contributed by atoms with Crippen LogP contribution in [-0.2, 0) is 4.79 Å². The van der Waals surface area contributed by atoms with E-state index in [0.717, 1.165) is 18.5 Å². The molecule has 0 bridgehead atoms. The lowest BCUT2D eigenvalue weighted by Crippen LogP contribution is -2.63. The van der Waals surface area contributed by atoms with Crippen molar-refractivity contribution in [3.63, 3.8) is 0 Å². The molecule has 1 aromatic carbocycles. The molecule has 30 heavy (non-hydrogen) atoms. The van der Waals surface area contributed by atoms with Gasteiger partial charge < -0.3 is 14.9 Å². The highest BCUT2D eigenvalue weighted by atomic mass is 35.5. The summed E-state index contributed by atoms with van der Waals surface area (Å²) in [5.41, 5.74) is 0.973. The molecule has 9 heteroatoms. The lowest BCUT2D eigenvalue weighted by Gasteiger charge is -2.44. The van der Waals surface area contributed by atoms with Crippen LogP contribution in [0.3, 0.4) is 0 Å². The number of halogens is 2. The minimum absolute atomic E-state index is 0.0976. The Bertz CT molecular complexity index is 771. The van der Waals surface area contributed by atoms with E-state index >= 15 is 0 Å². The Labute approximate surface area is 188 Å². The van der Waals surface area contributed by atoms with Crippen LogP contribution in [0.1, 0.15) is 26.7 Å². The molecular weight excluding hydrogens is 427 g/mol. The molecular formula is C21H30Cl2N4O3. The highest BCUT2D eigenvalue weighted by Crippen LogP contribution is 2.28. The average Bonchev–Trinajstić information content (AvgIpc) is 2.75. The molecule has 3 rings (SSSR count). The van der Waals surface area contributed by atoms with Crippen molar-refractivity contribution >= 4 is 40.9 Å². The molecule has 0 aliphatic carbocycles. The van der Waals surface area contributed by atoms with Crippen LogP contribution in [0.5, 0.6) is 0 Å². The van der Waals surface area contributed by atoms with Crippen molar-refractivity contribution in [2.24, 2.45) is 0 Å². The van der Waals surface area contributed by atoms with Gasteiger partial charge in [0, 0.05) is 57.5 Å². The molecule has 2 atom stereocenters. The van der Waals surface area contributed by atoms with Crippen molar-refractivity contribution in [3.8, 4) is 0 Å². The first-order valence-corrected chi connectivity index (χ1v) is 11.3. The fourth-order valence-corrected chi connectivity index (χ4v) is 4.61. The van der Waals surface area contributed by atoms with E-state index in [4.69, 9.17) is 23.2 Å². The van der Waals surface area contributed by atoms with E-state index in [1.165, 1.54) is 4.90 Å². The highest BCUT2D eigenvalue weighted by molar-refractivity contribution is 6.42. The third-order valence-corrected chi connectivity index (χ3v) is 6.87. The summed E-state index contributed by atoms with van der Waals surface area (Å²) in [7, 11) is 0. The van der Waals surface area contributed by atoms with Gasteiger partial charge in [0.1, 0.15) is 6.04 Å². The van der Waals surface area contributed by atoms with Crippen molar-refractivity contribution < 1.29 is 14.7 Å². The van der Waals surface area contributed by atoms with Gasteiger partial charge in [-0.1, -0.05) is 36.5 Å². The van der Waals surface area contributed by atoms with E-state index in [-0.39, 0.29) is 5.91 Å². The van der Waals surface area contributed by atoms with Gasteiger partial charge in [-0.3, -0.25) is 14.6 Å². The summed E-state index contributed by atoms with van der Waals surface area (Å²) in [5.74, 6) is -0.0976. The van der Waals surface area contributed by atoms with Gasteiger partial charge in [-0.2, -0.15) is 0 Å². The van der Waals surface area contributed by atoms with Crippen LogP contribution in [0, 0.1) is 0 Å². The van der Waals surface area contributed by atoms with Crippen molar-refractivity contribution in [1.82, 2.24) is 14.7 Å². The number of amides is 2. The summed E-state index contributed by atoms with van der Waals surface area (Å²) in [6, 6.07) is 5.23. The lowest BCUT2D eigenvalue weighted by atomic mass is 10.1. The van der Waals surface area contributed by atoms with Crippen LogP contribution in [0.2, 0.25) is 10.0 Å². The Kier molecular flexibility index (Phi) is 7.71. The molecule has 1 aromatic rings. The molecule has 2 saturated heterocycles. The van der Waals surface area contributed by atoms with Crippen LogP contribution in [-0.4, -0.2) is 89.7 Å². The van der Waals surface area contributed by atoms with Gasteiger partial charge in [0.15, 0.2) is 0 Å². The smallest absolute Gasteiger partial charge is 0.408 e. The van der Waals surface area contributed by atoms with E-state index in [1.807, 2.05) is 12.1 Å². The number of nitrogens with zero attached hydrogens (tertiary/aromatic N) is 4. The fourth-order valence-electron chi connectivity index (χ4n) is 4.32. The second kappa shape index (κ2) is 10.1. The number of anilines is 1. The minimum atomic E-state index is -1.02. The standard InChI is InChI=1S/C21H30Cl2N4O3/c1-3-4-15(2)26-11-12-27(21(29)30)19(14-26)20(28)25-9-7-24(8-10-25)16-5-6-17(22)18(23)13-16/h5-6,13,15,19H,3-4,7-12,14H2,1-2H3,(H,29,30)/t15-,19-/m1/s1. The molecule has 2 heterocycles. The van der Waals surface area contributed by atoms with Gasteiger partial charge in [-0.15, -0.1) is 0 Å². The minimum Gasteiger partial charge on any atom is -0.465 e. The Morgan fingerprint density at radius 1 is 1.10 bits per heavy atom. The maximum atomic E-state index is 13.3. The Balaban J connectivity index is 1.65. The molecule has 0 saturated carbocycles.